The van der Waals surface area contributed by atoms with E-state index >= 15 is 0 Å². The topological polar surface area (TPSA) is 50.5 Å². The fourth-order valence-electron chi connectivity index (χ4n) is 2.32. The third-order valence-corrected chi connectivity index (χ3v) is 3.41. The molecule has 1 N–H and O–H groups in total. The van der Waals surface area contributed by atoms with Crippen LogP contribution >= 0.6 is 0 Å². The van der Waals surface area contributed by atoms with Gasteiger partial charge in [0.1, 0.15) is 0 Å². The zero-order chi connectivity index (χ0) is 12.8. The first-order chi connectivity index (χ1) is 8.83. The van der Waals surface area contributed by atoms with Gasteiger partial charge in [-0.15, -0.1) is 0 Å². The van der Waals surface area contributed by atoms with Crippen LogP contribution in [0.3, 0.4) is 0 Å². The third kappa shape index (κ3) is 3.30. The van der Waals surface area contributed by atoms with E-state index in [9.17, 15) is 0 Å². The minimum atomic E-state index is 0.233. The Morgan fingerprint density at radius 1 is 1.11 bits per heavy atom. The molecule has 0 saturated carbocycles. The van der Waals surface area contributed by atoms with Crippen molar-refractivity contribution in [3.8, 4) is 6.07 Å². The van der Waals surface area contributed by atoms with Crippen molar-refractivity contribution in [3.05, 3.63) is 35.4 Å². The van der Waals surface area contributed by atoms with Crippen LogP contribution in [0, 0.1) is 11.3 Å². The SMILES string of the molecule is N#Cc1ccccc1CN1CCN(CCO)CC1. The maximum Gasteiger partial charge on any atom is 0.0995 e. The molecule has 1 fully saturated rings. The predicted octanol–water partition coefficient (Wildman–Crippen LogP) is 0.668. The molecule has 4 nitrogen and oxygen atoms in total. The van der Waals surface area contributed by atoms with Crippen molar-refractivity contribution < 1.29 is 5.11 Å². The van der Waals surface area contributed by atoms with Crippen LogP contribution in [0.4, 0.5) is 0 Å². The first-order valence-corrected chi connectivity index (χ1v) is 6.37. The molecule has 0 spiro atoms. The molecule has 18 heavy (non-hydrogen) atoms. The first-order valence-electron chi connectivity index (χ1n) is 6.37. The van der Waals surface area contributed by atoms with Gasteiger partial charge in [-0.2, -0.15) is 5.26 Å². The summed E-state index contributed by atoms with van der Waals surface area (Å²) in [5.41, 5.74) is 1.88. The van der Waals surface area contributed by atoms with Crippen LogP contribution < -0.4 is 0 Å². The van der Waals surface area contributed by atoms with E-state index in [4.69, 9.17) is 10.4 Å². The molecule has 4 heteroatoms. The standard InChI is InChI=1S/C14H19N3O/c15-11-13-3-1-2-4-14(13)12-17-7-5-16(6-8-17)9-10-18/h1-4,18H,5-10,12H2. The van der Waals surface area contributed by atoms with Gasteiger partial charge in [0.05, 0.1) is 18.2 Å². The fraction of sp³-hybridized carbons (Fsp3) is 0.500. The van der Waals surface area contributed by atoms with Crippen LogP contribution in [0.25, 0.3) is 0 Å². The van der Waals surface area contributed by atoms with Crippen molar-refractivity contribution in [1.82, 2.24) is 9.80 Å². The second-order valence-electron chi connectivity index (χ2n) is 4.61. The molecule has 1 aromatic rings. The van der Waals surface area contributed by atoms with Gasteiger partial charge in [-0.1, -0.05) is 18.2 Å². The number of rotatable bonds is 4. The van der Waals surface area contributed by atoms with E-state index in [0.717, 1.165) is 50.4 Å². The number of hydrogen-bond donors (Lipinski definition) is 1. The number of β-amino-alcohol motifs (C(OH)–C–C–N with tert-alkyl or cyclic N) is 1. The molecule has 0 unspecified atom stereocenters. The summed E-state index contributed by atoms with van der Waals surface area (Å²) < 4.78 is 0. The Hall–Kier alpha value is -1.41. The molecule has 0 amide bonds. The molecule has 0 atom stereocenters. The number of nitriles is 1. The zero-order valence-corrected chi connectivity index (χ0v) is 10.5. The van der Waals surface area contributed by atoms with E-state index in [-0.39, 0.29) is 6.61 Å². The molecular weight excluding hydrogens is 226 g/mol. The summed E-state index contributed by atoms with van der Waals surface area (Å²) in [5, 5.41) is 18.0. The van der Waals surface area contributed by atoms with E-state index in [1.54, 1.807) is 0 Å². The molecule has 2 rings (SSSR count). The Labute approximate surface area is 108 Å². The van der Waals surface area contributed by atoms with Crippen molar-refractivity contribution in [1.29, 1.82) is 5.26 Å². The van der Waals surface area contributed by atoms with Gasteiger partial charge in [0.25, 0.3) is 0 Å². The third-order valence-electron chi connectivity index (χ3n) is 3.41. The van der Waals surface area contributed by atoms with Gasteiger partial charge in [-0.05, 0) is 11.6 Å². The minimum Gasteiger partial charge on any atom is -0.395 e. The Morgan fingerprint density at radius 3 is 2.44 bits per heavy atom. The normalized spacial score (nSPS) is 17.6. The molecule has 0 aliphatic carbocycles. The monoisotopic (exact) mass is 245 g/mol. The maximum absolute atomic E-state index is 9.06. The minimum absolute atomic E-state index is 0.233. The van der Waals surface area contributed by atoms with Crippen LogP contribution in [-0.2, 0) is 6.54 Å². The zero-order valence-electron chi connectivity index (χ0n) is 10.5. The van der Waals surface area contributed by atoms with Crippen molar-refractivity contribution in [3.63, 3.8) is 0 Å². The average Bonchev–Trinajstić information content (AvgIpc) is 2.42. The Balaban J connectivity index is 1.90. The van der Waals surface area contributed by atoms with E-state index in [1.807, 2.05) is 24.3 Å². The molecule has 1 aliphatic rings. The molecular formula is C14H19N3O. The van der Waals surface area contributed by atoms with E-state index in [0.29, 0.717) is 0 Å². The largest absolute Gasteiger partial charge is 0.395 e. The number of nitrogens with zero attached hydrogens (tertiary/aromatic N) is 3. The molecule has 1 aliphatic heterocycles. The number of hydrogen-bond acceptors (Lipinski definition) is 4. The van der Waals surface area contributed by atoms with Crippen molar-refractivity contribution >= 4 is 0 Å². The second-order valence-corrected chi connectivity index (χ2v) is 4.61. The van der Waals surface area contributed by atoms with E-state index < -0.39 is 0 Å². The quantitative estimate of drug-likeness (QED) is 0.847. The maximum atomic E-state index is 9.06. The lowest BCUT2D eigenvalue weighted by Gasteiger charge is -2.34. The Bertz CT molecular complexity index is 419. The summed E-state index contributed by atoms with van der Waals surface area (Å²) in [7, 11) is 0. The molecule has 0 radical (unpaired) electrons. The highest BCUT2D eigenvalue weighted by Gasteiger charge is 2.17. The summed E-state index contributed by atoms with van der Waals surface area (Å²) in [6.45, 7) is 5.83. The average molecular weight is 245 g/mol. The first kappa shape index (κ1) is 13.0. The van der Waals surface area contributed by atoms with Gasteiger partial charge < -0.3 is 5.11 Å². The Kier molecular flexibility index (Phi) is 4.71. The summed E-state index contributed by atoms with van der Waals surface area (Å²) in [6, 6.07) is 10.0. The fourth-order valence-corrected chi connectivity index (χ4v) is 2.32. The molecule has 0 aromatic heterocycles. The van der Waals surface area contributed by atoms with Crippen LogP contribution in [0.1, 0.15) is 11.1 Å². The summed E-state index contributed by atoms with van der Waals surface area (Å²) >= 11 is 0. The molecule has 1 aromatic carbocycles. The highest BCUT2D eigenvalue weighted by atomic mass is 16.3. The lowest BCUT2D eigenvalue weighted by Crippen LogP contribution is -2.46. The summed E-state index contributed by atoms with van der Waals surface area (Å²) in [4.78, 5) is 4.64. The van der Waals surface area contributed by atoms with Crippen LogP contribution in [0.5, 0.6) is 0 Å². The van der Waals surface area contributed by atoms with Crippen LogP contribution in [-0.4, -0.2) is 54.2 Å². The van der Waals surface area contributed by atoms with Gasteiger partial charge in [-0.3, -0.25) is 9.80 Å². The molecule has 1 saturated heterocycles. The van der Waals surface area contributed by atoms with Crippen LogP contribution in [0.2, 0.25) is 0 Å². The summed E-state index contributed by atoms with van der Waals surface area (Å²) in [5.74, 6) is 0. The molecule has 96 valence electrons. The van der Waals surface area contributed by atoms with Gasteiger partial charge in [0, 0.05) is 39.3 Å². The highest BCUT2D eigenvalue weighted by molar-refractivity contribution is 5.37. The van der Waals surface area contributed by atoms with Gasteiger partial charge >= 0.3 is 0 Å². The predicted molar refractivity (Wildman–Crippen MR) is 70.0 cm³/mol. The van der Waals surface area contributed by atoms with Crippen molar-refractivity contribution in [2.45, 2.75) is 6.54 Å². The number of aliphatic hydroxyl groups is 1. The highest BCUT2D eigenvalue weighted by Crippen LogP contribution is 2.12. The number of piperazine rings is 1. The van der Waals surface area contributed by atoms with E-state index in [2.05, 4.69) is 15.9 Å². The van der Waals surface area contributed by atoms with Crippen molar-refractivity contribution in [2.24, 2.45) is 0 Å². The van der Waals surface area contributed by atoms with Crippen molar-refractivity contribution in [2.75, 3.05) is 39.3 Å². The van der Waals surface area contributed by atoms with Gasteiger partial charge in [0.15, 0.2) is 0 Å². The smallest absolute Gasteiger partial charge is 0.0995 e. The summed E-state index contributed by atoms with van der Waals surface area (Å²) in [6.07, 6.45) is 0. The Morgan fingerprint density at radius 2 is 1.78 bits per heavy atom. The lowest BCUT2D eigenvalue weighted by atomic mass is 10.1. The van der Waals surface area contributed by atoms with Crippen LogP contribution in [0.15, 0.2) is 24.3 Å². The lowest BCUT2D eigenvalue weighted by molar-refractivity contribution is 0.108. The number of benzene rings is 1. The van der Waals surface area contributed by atoms with E-state index in [1.165, 1.54) is 0 Å². The molecule has 1 heterocycles. The number of aliphatic hydroxyl groups excluding tert-OH is 1. The molecule has 0 bridgehead atoms. The van der Waals surface area contributed by atoms with Gasteiger partial charge in [0.2, 0.25) is 0 Å². The van der Waals surface area contributed by atoms with Gasteiger partial charge in [-0.25, -0.2) is 0 Å². The second kappa shape index (κ2) is 6.50.